The Hall–Kier alpha value is -2.58. The van der Waals surface area contributed by atoms with E-state index in [2.05, 4.69) is 20.5 Å². The summed E-state index contributed by atoms with van der Waals surface area (Å²) in [4.78, 5) is 16.0. The van der Waals surface area contributed by atoms with Gasteiger partial charge in [-0.3, -0.25) is 4.79 Å². The van der Waals surface area contributed by atoms with Gasteiger partial charge in [0.05, 0.1) is 18.4 Å². The van der Waals surface area contributed by atoms with Crippen LogP contribution in [0.15, 0.2) is 52.2 Å². The van der Waals surface area contributed by atoms with Crippen LogP contribution < -0.4 is 10.1 Å². The predicted octanol–water partition coefficient (Wildman–Crippen LogP) is 3.52. The van der Waals surface area contributed by atoms with E-state index in [1.807, 2.05) is 0 Å². The summed E-state index contributed by atoms with van der Waals surface area (Å²) >= 11 is 6.89. The SMILES string of the molecule is COc1cccc(NC(=O)CSc2nnc(-c3ccc(Cl)nc3)o2)c1. The largest absolute Gasteiger partial charge is 0.497 e. The molecule has 128 valence electrons. The first-order valence-electron chi connectivity index (χ1n) is 7.16. The third-order valence-electron chi connectivity index (χ3n) is 3.06. The van der Waals surface area contributed by atoms with Crippen molar-refractivity contribution >= 4 is 35.0 Å². The van der Waals surface area contributed by atoms with Gasteiger partial charge in [-0.15, -0.1) is 10.2 Å². The van der Waals surface area contributed by atoms with Crippen LogP contribution in [0.25, 0.3) is 11.5 Å². The molecule has 1 N–H and O–H groups in total. The van der Waals surface area contributed by atoms with Gasteiger partial charge in [-0.2, -0.15) is 0 Å². The fourth-order valence-electron chi connectivity index (χ4n) is 1.91. The van der Waals surface area contributed by atoms with Crippen LogP contribution in [0.1, 0.15) is 0 Å². The highest BCUT2D eigenvalue weighted by Crippen LogP contribution is 2.23. The number of carbonyl (C=O) groups excluding carboxylic acids is 1. The number of amides is 1. The number of anilines is 1. The number of halogens is 1. The van der Waals surface area contributed by atoms with Crippen LogP contribution in [-0.4, -0.2) is 34.0 Å². The molecule has 9 heteroatoms. The van der Waals surface area contributed by atoms with Crippen molar-refractivity contribution in [3.8, 4) is 17.2 Å². The number of carbonyl (C=O) groups is 1. The van der Waals surface area contributed by atoms with Crippen molar-refractivity contribution in [3.63, 3.8) is 0 Å². The summed E-state index contributed by atoms with van der Waals surface area (Å²) < 4.78 is 10.6. The number of ether oxygens (including phenoxy) is 1. The number of nitrogens with one attached hydrogen (secondary N) is 1. The molecular formula is C16H13ClN4O3S. The van der Waals surface area contributed by atoms with Gasteiger partial charge >= 0.3 is 0 Å². The molecule has 0 unspecified atom stereocenters. The van der Waals surface area contributed by atoms with E-state index in [4.69, 9.17) is 20.8 Å². The Morgan fingerprint density at radius 2 is 2.20 bits per heavy atom. The zero-order chi connectivity index (χ0) is 17.6. The molecule has 1 amide bonds. The third-order valence-corrected chi connectivity index (χ3v) is 4.10. The highest BCUT2D eigenvalue weighted by molar-refractivity contribution is 7.99. The van der Waals surface area contributed by atoms with E-state index in [1.54, 1.807) is 49.7 Å². The molecule has 7 nitrogen and oxygen atoms in total. The van der Waals surface area contributed by atoms with Crippen molar-refractivity contribution in [3.05, 3.63) is 47.7 Å². The molecule has 0 spiro atoms. The van der Waals surface area contributed by atoms with Crippen molar-refractivity contribution in [1.82, 2.24) is 15.2 Å². The second-order valence-electron chi connectivity index (χ2n) is 4.81. The monoisotopic (exact) mass is 376 g/mol. The molecule has 2 aromatic heterocycles. The fraction of sp³-hybridized carbons (Fsp3) is 0.125. The molecule has 0 atom stereocenters. The molecule has 0 aliphatic rings. The quantitative estimate of drug-likeness (QED) is 0.519. The Kier molecular flexibility index (Phi) is 5.52. The standard InChI is InChI=1S/C16H13ClN4O3S/c1-23-12-4-2-3-11(7-12)19-14(22)9-25-16-21-20-15(24-16)10-5-6-13(17)18-8-10/h2-8H,9H2,1H3,(H,19,22). The zero-order valence-electron chi connectivity index (χ0n) is 13.1. The Labute approximate surface area is 152 Å². The highest BCUT2D eigenvalue weighted by Gasteiger charge is 2.12. The average molecular weight is 377 g/mol. The summed E-state index contributed by atoms with van der Waals surface area (Å²) in [7, 11) is 1.57. The van der Waals surface area contributed by atoms with Gasteiger partial charge in [-0.25, -0.2) is 4.98 Å². The van der Waals surface area contributed by atoms with Gasteiger partial charge in [0.15, 0.2) is 0 Å². The highest BCUT2D eigenvalue weighted by atomic mass is 35.5. The zero-order valence-corrected chi connectivity index (χ0v) is 14.7. The van der Waals surface area contributed by atoms with E-state index in [-0.39, 0.29) is 11.7 Å². The first kappa shape index (κ1) is 17.2. The van der Waals surface area contributed by atoms with E-state index in [0.717, 1.165) is 11.8 Å². The Balaban J connectivity index is 1.56. The lowest BCUT2D eigenvalue weighted by Gasteiger charge is -2.05. The first-order valence-corrected chi connectivity index (χ1v) is 8.52. The molecular weight excluding hydrogens is 364 g/mol. The summed E-state index contributed by atoms with van der Waals surface area (Å²) in [6.45, 7) is 0. The molecule has 25 heavy (non-hydrogen) atoms. The summed E-state index contributed by atoms with van der Waals surface area (Å²) in [5.74, 6) is 0.937. The number of rotatable bonds is 6. The first-order chi connectivity index (χ1) is 12.1. The molecule has 1 aromatic carbocycles. The molecule has 0 aliphatic carbocycles. The Bertz CT molecular complexity index is 870. The van der Waals surface area contributed by atoms with E-state index >= 15 is 0 Å². The number of nitrogens with zero attached hydrogens (tertiary/aromatic N) is 3. The van der Waals surface area contributed by atoms with Crippen molar-refractivity contribution in [2.75, 3.05) is 18.2 Å². The van der Waals surface area contributed by atoms with Crippen molar-refractivity contribution in [2.24, 2.45) is 0 Å². The number of methoxy groups -OCH3 is 1. The maximum atomic E-state index is 12.0. The number of hydrogen-bond donors (Lipinski definition) is 1. The number of pyridine rings is 1. The number of benzene rings is 1. The predicted molar refractivity (Wildman–Crippen MR) is 94.9 cm³/mol. The Morgan fingerprint density at radius 1 is 1.32 bits per heavy atom. The van der Waals surface area contributed by atoms with Crippen LogP contribution in [-0.2, 0) is 4.79 Å². The molecule has 0 saturated carbocycles. The maximum Gasteiger partial charge on any atom is 0.277 e. The van der Waals surface area contributed by atoms with Gasteiger partial charge in [0.25, 0.3) is 5.22 Å². The lowest BCUT2D eigenvalue weighted by Crippen LogP contribution is -2.13. The minimum Gasteiger partial charge on any atom is -0.497 e. The number of hydrogen-bond acceptors (Lipinski definition) is 7. The molecule has 0 saturated heterocycles. The van der Waals surface area contributed by atoms with Crippen LogP contribution in [0.2, 0.25) is 5.15 Å². The molecule has 2 heterocycles. The minimum absolute atomic E-state index is 0.137. The van der Waals surface area contributed by atoms with E-state index in [9.17, 15) is 4.79 Å². The molecule has 3 aromatic rings. The fourth-order valence-corrected chi connectivity index (χ4v) is 2.59. The lowest BCUT2D eigenvalue weighted by molar-refractivity contribution is -0.113. The summed E-state index contributed by atoms with van der Waals surface area (Å²) in [5.41, 5.74) is 1.31. The van der Waals surface area contributed by atoms with E-state index < -0.39 is 0 Å². The Morgan fingerprint density at radius 3 is 2.96 bits per heavy atom. The maximum absolute atomic E-state index is 12.0. The van der Waals surface area contributed by atoms with Crippen molar-refractivity contribution in [1.29, 1.82) is 0 Å². The van der Waals surface area contributed by atoms with Crippen LogP contribution in [0.4, 0.5) is 5.69 Å². The topological polar surface area (TPSA) is 90.1 Å². The molecule has 0 fully saturated rings. The molecule has 0 radical (unpaired) electrons. The van der Waals surface area contributed by atoms with Gasteiger partial charge < -0.3 is 14.5 Å². The minimum atomic E-state index is -0.189. The van der Waals surface area contributed by atoms with Crippen LogP contribution in [0, 0.1) is 0 Å². The van der Waals surface area contributed by atoms with E-state index in [0.29, 0.717) is 33.3 Å². The summed E-state index contributed by atoms with van der Waals surface area (Å²) in [6.07, 6.45) is 1.54. The average Bonchev–Trinajstić information content (AvgIpc) is 3.10. The van der Waals surface area contributed by atoms with Gasteiger partial charge in [0.1, 0.15) is 10.9 Å². The van der Waals surface area contributed by atoms with Crippen LogP contribution >= 0.6 is 23.4 Å². The van der Waals surface area contributed by atoms with Crippen molar-refractivity contribution < 1.29 is 13.9 Å². The normalized spacial score (nSPS) is 10.5. The van der Waals surface area contributed by atoms with Crippen molar-refractivity contribution in [2.45, 2.75) is 5.22 Å². The third kappa shape index (κ3) is 4.71. The van der Waals surface area contributed by atoms with Gasteiger partial charge in [0, 0.05) is 18.0 Å². The molecule has 0 bridgehead atoms. The molecule has 3 rings (SSSR count). The van der Waals surface area contributed by atoms with Crippen LogP contribution in [0.5, 0.6) is 5.75 Å². The lowest BCUT2D eigenvalue weighted by atomic mass is 10.3. The van der Waals surface area contributed by atoms with Gasteiger partial charge in [0.2, 0.25) is 11.8 Å². The molecule has 0 aliphatic heterocycles. The second kappa shape index (κ2) is 8.00. The summed E-state index contributed by atoms with van der Waals surface area (Å²) in [5, 5.41) is 11.3. The van der Waals surface area contributed by atoms with Gasteiger partial charge in [-0.05, 0) is 24.3 Å². The number of thioether (sulfide) groups is 1. The van der Waals surface area contributed by atoms with E-state index in [1.165, 1.54) is 0 Å². The second-order valence-corrected chi connectivity index (χ2v) is 6.13. The van der Waals surface area contributed by atoms with Crippen LogP contribution in [0.3, 0.4) is 0 Å². The smallest absolute Gasteiger partial charge is 0.277 e. The van der Waals surface area contributed by atoms with Gasteiger partial charge in [-0.1, -0.05) is 29.4 Å². The summed E-state index contributed by atoms with van der Waals surface area (Å²) in [6, 6.07) is 10.5. The number of aromatic nitrogens is 3.